The summed E-state index contributed by atoms with van der Waals surface area (Å²) in [6.45, 7) is 1.75. The Morgan fingerprint density at radius 3 is 2.87 bits per heavy atom. The molecule has 0 radical (unpaired) electrons. The van der Waals surface area contributed by atoms with Crippen LogP contribution in [0.25, 0.3) is 0 Å². The van der Waals surface area contributed by atoms with Crippen molar-refractivity contribution in [3.05, 3.63) is 35.4 Å². The Balaban J connectivity index is 2.47. The lowest BCUT2D eigenvalue weighted by atomic mass is 10.1. The molecule has 0 unspecified atom stereocenters. The minimum absolute atomic E-state index is 0.418. The maximum absolute atomic E-state index is 10.9. The molecule has 0 spiro atoms. The molecular weight excluding hydrogens is 192 g/mol. The van der Waals surface area contributed by atoms with Crippen molar-refractivity contribution in [1.82, 2.24) is 0 Å². The van der Waals surface area contributed by atoms with Gasteiger partial charge in [0.1, 0.15) is 0 Å². The van der Waals surface area contributed by atoms with Crippen molar-refractivity contribution in [3.8, 4) is 0 Å². The Morgan fingerprint density at radius 1 is 1.40 bits per heavy atom. The quantitative estimate of drug-likeness (QED) is 0.674. The van der Waals surface area contributed by atoms with Gasteiger partial charge in [-0.05, 0) is 30.7 Å². The van der Waals surface area contributed by atoms with Crippen LogP contribution < -0.4 is 11.5 Å². The molecule has 1 aromatic carbocycles. The van der Waals surface area contributed by atoms with Crippen LogP contribution in [0.2, 0.25) is 0 Å². The number of hydrogen-bond acceptors (Lipinski definition) is 3. The van der Waals surface area contributed by atoms with Crippen LogP contribution in [-0.2, 0) is 11.3 Å². The predicted octanol–water partition coefficient (Wildman–Crippen LogP) is 0.651. The number of amides is 1. The van der Waals surface area contributed by atoms with Gasteiger partial charge in [0.25, 0.3) is 0 Å². The lowest BCUT2D eigenvalue weighted by molar-refractivity contribution is 0.0999. The SMILES string of the molecule is NCCCOCc1cccc(C(N)=O)c1. The van der Waals surface area contributed by atoms with Crippen LogP contribution in [0.1, 0.15) is 22.3 Å². The van der Waals surface area contributed by atoms with Crippen molar-refractivity contribution in [2.75, 3.05) is 13.2 Å². The minimum atomic E-state index is -0.418. The van der Waals surface area contributed by atoms with Gasteiger partial charge < -0.3 is 16.2 Å². The highest BCUT2D eigenvalue weighted by molar-refractivity contribution is 5.92. The second-order valence-corrected chi connectivity index (χ2v) is 3.26. The molecule has 0 bridgehead atoms. The predicted molar refractivity (Wildman–Crippen MR) is 58.3 cm³/mol. The molecule has 4 nitrogen and oxygen atoms in total. The highest BCUT2D eigenvalue weighted by atomic mass is 16.5. The molecule has 1 rings (SSSR count). The molecule has 0 fully saturated rings. The van der Waals surface area contributed by atoms with Crippen molar-refractivity contribution >= 4 is 5.91 Å². The van der Waals surface area contributed by atoms with Crippen molar-refractivity contribution in [3.63, 3.8) is 0 Å². The van der Waals surface area contributed by atoms with Crippen LogP contribution in [0.4, 0.5) is 0 Å². The molecule has 0 heterocycles. The van der Waals surface area contributed by atoms with Crippen LogP contribution in [0.5, 0.6) is 0 Å². The van der Waals surface area contributed by atoms with Crippen LogP contribution in [0, 0.1) is 0 Å². The van der Waals surface area contributed by atoms with Crippen molar-refractivity contribution in [2.45, 2.75) is 13.0 Å². The van der Waals surface area contributed by atoms with Gasteiger partial charge in [-0.3, -0.25) is 4.79 Å². The molecule has 0 saturated heterocycles. The lowest BCUT2D eigenvalue weighted by Crippen LogP contribution is -2.11. The first-order chi connectivity index (χ1) is 7.24. The van der Waals surface area contributed by atoms with E-state index in [-0.39, 0.29) is 0 Å². The second kappa shape index (κ2) is 6.16. The van der Waals surface area contributed by atoms with Crippen molar-refractivity contribution in [1.29, 1.82) is 0 Å². The van der Waals surface area contributed by atoms with Gasteiger partial charge in [0, 0.05) is 12.2 Å². The molecule has 1 amide bonds. The zero-order valence-electron chi connectivity index (χ0n) is 8.61. The summed E-state index contributed by atoms with van der Waals surface area (Å²) in [5.41, 5.74) is 12.0. The Morgan fingerprint density at radius 2 is 2.20 bits per heavy atom. The van der Waals surface area contributed by atoms with Crippen LogP contribution in [0.15, 0.2) is 24.3 Å². The van der Waals surface area contributed by atoms with Gasteiger partial charge in [-0.25, -0.2) is 0 Å². The number of benzene rings is 1. The molecule has 82 valence electrons. The normalized spacial score (nSPS) is 10.2. The topological polar surface area (TPSA) is 78.3 Å². The van der Waals surface area contributed by atoms with Gasteiger partial charge in [0.15, 0.2) is 0 Å². The zero-order chi connectivity index (χ0) is 11.1. The Bertz CT molecular complexity index is 326. The molecule has 0 atom stereocenters. The van der Waals surface area contributed by atoms with Gasteiger partial charge in [-0.1, -0.05) is 12.1 Å². The number of carbonyl (C=O) groups excluding carboxylic acids is 1. The van der Waals surface area contributed by atoms with E-state index >= 15 is 0 Å². The summed E-state index contributed by atoms with van der Waals surface area (Å²) in [6.07, 6.45) is 0.843. The Hall–Kier alpha value is -1.39. The number of primary amides is 1. The summed E-state index contributed by atoms with van der Waals surface area (Å²) in [5.74, 6) is -0.418. The smallest absolute Gasteiger partial charge is 0.248 e. The van der Waals surface area contributed by atoms with E-state index in [9.17, 15) is 4.79 Å². The number of hydrogen-bond donors (Lipinski definition) is 2. The average Bonchev–Trinajstić information content (AvgIpc) is 2.25. The summed E-state index contributed by atoms with van der Waals surface area (Å²) >= 11 is 0. The maximum atomic E-state index is 10.9. The molecule has 0 aliphatic carbocycles. The second-order valence-electron chi connectivity index (χ2n) is 3.26. The monoisotopic (exact) mass is 208 g/mol. The third-order valence-corrected chi connectivity index (χ3v) is 1.97. The molecular formula is C11H16N2O2. The molecule has 0 aliphatic heterocycles. The summed E-state index contributed by atoms with van der Waals surface area (Å²) < 4.78 is 5.36. The molecule has 0 saturated carbocycles. The van der Waals surface area contributed by atoms with Crippen LogP contribution in [0.3, 0.4) is 0 Å². The molecule has 4 N–H and O–H groups in total. The van der Waals surface area contributed by atoms with Crippen molar-refractivity contribution < 1.29 is 9.53 Å². The van der Waals surface area contributed by atoms with E-state index in [1.807, 2.05) is 6.07 Å². The van der Waals surface area contributed by atoms with E-state index in [2.05, 4.69) is 0 Å². The Kier molecular flexibility index (Phi) is 4.80. The summed E-state index contributed by atoms with van der Waals surface area (Å²) in [6, 6.07) is 7.12. The van der Waals surface area contributed by atoms with Crippen LogP contribution in [-0.4, -0.2) is 19.1 Å². The first-order valence-electron chi connectivity index (χ1n) is 4.90. The number of ether oxygens (including phenoxy) is 1. The fourth-order valence-electron chi connectivity index (χ4n) is 1.19. The number of rotatable bonds is 6. The highest BCUT2D eigenvalue weighted by Crippen LogP contribution is 2.06. The van der Waals surface area contributed by atoms with E-state index in [0.29, 0.717) is 25.3 Å². The fraction of sp³-hybridized carbons (Fsp3) is 0.364. The van der Waals surface area contributed by atoms with E-state index in [0.717, 1.165) is 12.0 Å². The minimum Gasteiger partial charge on any atom is -0.377 e. The molecule has 1 aromatic rings. The lowest BCUT2D eigenvalue weighted by Gasteiger charge is -2.04. The maximum Gasteiger partial charge on any atom is 0.248 e. The van der Waals surface area contributed by atoms with Gasteiger partial charge in [-0.2, -0.15) is 0 Å². The largest absolute Gasteiger partial charge is 0.377 e. The van der Waals surface area contributed by atoms with Gasteiger partial charge in [0.05, 0.1) is 6.61 Å². The first-order valence-corrected chi connectivity index (χ1v) is 4.90. The van der Waals surface area contributed by atoms with Crippen LogP contribution >= 0.6 is 0 Å². The molecule has 0 aliphatic rings. The molecule has 15 heavy (non-hydrogen) atoms. The molecule has 4 heteroatoms. The Labute approximate surface area is 89.2 Å². The average molecular weight is 208 g/mol. The van der Waals surface area contributed by atoms with E-state index < -0.39 is 5.91 Å². The van der Waals surface area contributed by atoms with E-state index in [4.69, 9.17) is 16.2 Å². The third-order valence-electron chi connectivity index (χ3n) is 1.97. The first kappa shape index (κ1) is 11.7. The van der Waals surface area contributed by atoms with Crippen molar-refractivity contribution in [2.24, 2.45) is 11.5 Å². The number of carbonyl (C=O) groups is 1. The summed E-state index contributed by atoms with van der Waals surface area (Å²) in [4.78, 5) is 10.9. The summed E-state index contributed by atoms with van der Waals surface area (Å²) in [7, 11) is 0. The van der Waals surface area contributed by atoms with E-state index in [1.165, 1.54) is 0 Å². The molecule has 0 aromatic heterocycles. The van der Waals surface area contributed by atoms with Gasteiger partial charge in [0.2, 0.25) is 5.91 Å². The highest BCUT2D eigenvalue weighted by Gasteiger charge is 2.00. The number of nitrogens with two attached hydrogens (primary N) is 2. The van der Waals surface area contributed by atoms with E-state index in [1.54, 1.807) is 18.2 Å². The third kappa shape index (κ3) is 4.10. The zero-order valence-corrected chi connectivity index (χ0v) is 8.61. The van der Waals surface area contributed by atoms with Gasteiger partial charge in [-0.15, -0.1) is 0 Å². The summed E-state index contributed by atoms with van der Waals surface area (Å²) in [5, 5.41) is 0. The van der Waals surface area contributed by atoms with Gasteiger partial charge >= 0.3 is 0 Å². The fourth-order valence-corrected chi connectivity index (χ4v) is 1.19. The standard InChI is InChI=1S/C11H16N2O2/c12-5-2-6-15-8-9-3-1-4-10(7-9)11(13)14/h1,3-4,7H,2,5-6,8,12H2,(H2,13,14).